The Kier molecular flexibility index (Phi) is 5.92. The van der Waals surface area contributed by atoms with Gasteiger partial charge in [0, 0.05) is 31.2 Å². The number of hydrogen-bond acceptors (Lipinski definition) is 6. The fourth-order valence-electron chi connectivity index (χ4n) is 3.99. The zero-order chi connectivity index (χ0) is 21.9. The third-order valence-corrected chi connectivity index (χ3v) is 6.47. The second-order valence-electron chi connectivity index (χ2n) is 8.02. The van der Waals surface area contributed by atoms with Gasteiger partial charge in [0.25, 0.3) is 5.19 Å². The second kappa shape index (κ2) is 9.14. The van der Waals surface area contributed by atoms with E-state index in [1.165, 1.54) is 11.1 Å². The lowest BCUT2D eigenvalue weighted by molar-refractivity contribution is 0.176. The van der Waals surface area contributed by atoms with E-state index < -0.39 is 0 Å². The van der Waals surface area contributed by atoms with Crippen LogP contribution in [0.15, 0.2) is 60.8 Å². The van der Waals surface area contributed by atoms with E-state index in [0.29, 0.717) is 5.19 Å². The van der Waals surface area contributed by atoms with E-state index >= 15 is 0 Å². The molecular formula is C25H26N4O2S. The van der Waals surface area contributed by atoms with Gasteiger partial charge in [-0.25, -0.2) is 4.98 Å². The van der Waals surface area contributed by atoms with Gasteiger partial charge in [0.05, 0.1) is 11.4 Å². The number of benzene rings is 2. The van der Waals surface area contributed by atoms with Gasteiger partial charge in [0.1, 0.15) is 17.6 Å². The lowest BCUT2D eigenvalue weighted by Crippen LogP contribution is -2.15. The predicted molar refractivity (Wildman–Crippen MR) is 125 cm³/mol. The molecule has 1 N–H and O–H groups in total. The van der Waals surface area contributed by atoms with Gasteiger partial charge in [-0.3, -0.25) is 4.68 Å². The third kappa shape index (κ3) is 4.69. The number of nitrogens with one attached hydrogen (secondary N) is 1. The largest absolute Gasteiger partial charge is 0.485 e. The molecule has 1 atom stereocenters. The Balaban J connectivity index is 1.18. The van der Waals surface area contributed by atoms with E-state index in [0.717, 1.165) is 53.7 Å². The van der Waals surface area contributed by atoms with Gasteiger partial charge in [-0.1, -0.05) is 41.7 Å². The summed E-state index contributed by atoms with van der Waals surface area (Å²) in [5.41, 5.74) is 4.60. The fraction of sp³-hybridized carbons (Fsp3) is 0.280. The minimum Gasteiger partial charge on any atom is -0.485 e. The molecule has 1 aliphatic rings. The van der Waals surface area contributed by atoms with Crippen molar-refractivity contribution < 1.29 is 9.47 Å². The number of thiazole rings is 1. The van der Waals surface area contributed by atoms with Gasteiger partial charge in [0.2, 0.25) is 0 Å². The molecule has 0 fully saturated rings. The maximum Gasteiger partial charge on any atom is 0.278 e. The molecule has 0 amide bonds. The van der Waals surface area contributed by atoms with Crippen LogP contribution in [0.25, 0.3) is 0 Å². The van der Waals surface area contributed by atoms with Crippen molar-refractivity contribution in [2.75, 3.05) is 0 Å². The Hall–Kier alpha value is -3.16. The molecular weight excluding hydrogens is 420 g/mol. The van der Waals surface area contributed by atoms with E-state index in [1.54, 1.807) is 11.3 Å². The van der Waals surface area contributed by atoms with E-state index in [2.05, 4.69) is 51.8 Å². The van der Waals surface area contributed by atoms with Gasteiger partial charge >= 0.3 is 0 Å². The van der Waals surface area contributed by atoms with Crippen LogP contribution in [-0.4, -0.2) is 14.8 Å². The summed E-state index contributed by atoms with van der Waals surface area (Å²) < 4.78 is 14.2. The number of ether oxygens (including phenoxy) is 2. The molecule has 2 aromatic carbocycles. The second-order valence-corrected chi connectivity index (χ2v) is 9.10. The minimum atomic E-state index is 0.111. The Bertz CT molecular complexity index is 1200. The average molecular weight is 447 g/mol. The van der Waals surface area contributed by atoms with Crippen LogP contribution in [0.1, 0.15) is 39.9 Å². The van der Waals surface area contributed by atoms with E-state index in [-0.39, 0.29) is 6.10 Å². The lowest BCUT2D eigenvalue weighted by atomic mass is 9.97. The number of fused-ring (bicyclic) bond motifs is 1. The molecule has 1 aliphatic heterocycles. The van der Waals surface area contributed by atoms with Crippen LogP contribution < -0.4 is 14.8 Å². The molecule has 1 unspecified atom stereocenters. The molecule has 2 aromatic heterocycles. The molecule has 4 aromatic rings. The van der Waals surface area contributed by atoms with E-state index in [9.17, 15) is 0 Å². The van der Waals surface area contributed by atoms with Crippen molar-refractivity contribution in [3.8, 4) is 16.7 Å². The first-order valence-electron chi connectivity index (χ1n) is 10.8. The molecule has 5 rings (SSSR count). The highest BCUT2D eigenvalue weighted by molar-refractivity contribution is 7.13. The predicted octanol–water partition coefficient (Wildman–Crippen LogP) is 5.33. The average Bonchev–Trinajstić information content (AvgIpc) is 3.39. The van der Waals surface area contributed by atoms with Crippen LogP contribution in [0.4, 0.5) is 0 Å². The molecule has 0 spiro atoms. The summed E-state index contributed by atoms with van der Waals surface area (Å²) in [6, 6.07) is 18.5. The highest BCUT2D eigenvalue weighted by Gasteiger charge is 2.21. The van der Waals surface area contributed by atoms with Crippen molar-refractivity contribution in [2.24, 2.45) is 7.05 Å². The zero-order valence-electron chi connectivity index (χ0n) is 18.2. The van der Waals surface area contributed by atoms with Crippen molar-refractivity contribution in [3.63, 3.8) is 0 Å². The van der Waals surface area contributed by atoms with Gasteiger partial charge in [-0.05, 0) is 55.2 Å². The maximum absolute atomic E-state index is 6.23. The summed E-state index contributed by atoms with van der Waals surface area (Å²) in [5.74, 6) is 1.73. The lowest BCUT2D eigenvalue weighted by Gasteiger charge is -2.26. The normalized spacial score (nSPS) is 15.2. The Morgan fingerprint density at radius 1 is 1.16 bits per heavy atom. The first-order chi connectivity index (χ1) is 15.6. The summed E-state index contributed by atoms with van der Waals surface area (Å²) in [4.78, 5) is 5.56. The Morgan fingerprint density at radius 2 is 2.03 bits per heavy atom. The molecule has 0 bridgehead atoms. The number of nitrogens with zero attached hydrogens (tertiary/aromatic N) is 3. The highest BCUT2D eigenvalue weighted by atomic mass is 32.1. The van der Waals surface area contributed by atoms with Crippen molar-refractivity contribution in [2.45, 2.75) is 39.0 Å². The smallest absolute Gasteiger partial charge is 0.278 e. The van der Waals surface area contributed by atoms with Crippen molar-refractivity contribution in [1.29, 1.82) is 0 Å². The minimum absolute atomic E-state index is 0.111. The van der Waals surface area contributed by atoms with Gasteiger partial charge in [-0.15, -0.1) is 0 Å². The topological polar surface area (TPSA) is 61.2 Å². The fourth-order valence-corrected chi connectivity index (χ4v) is 4.74. The number of hydrogen-bond donors (Lipinski definition) is 1. The Labute approximate surface area is 191 Å². The van der Waals surface area contributed by atoms with Crippen LogP contribution in [-0.2, 0) is 26.6 Å². The molecule has 32 heavy (non-hydrogen) atoms. The first-order valence-corrected chi connectivity index (χ1v) is 11.6. The van der Waals surface area contributed by atoms with E-state index in [4.69, 9.17) is 9.47 Å². The molecule has 0 saturated carbocycles. The molecule has 3 heterocycles. The van der Waals surface area contributed by atoms with Gasteiger partial charge in [-0.2, -0.15) is 5.10 Å². The molecule has 0 aliphatic carbocycles. The van der Waals surface area contributed by atoms with Crippen molar-refractivity contribution >= 4 is 11.3 Å². The van der Waals surface area contributed by atoms with Crippen LogP contribution >= 0.6 is 11.3 Å². The summed E-state index contributed by atoms with van der Waals surface area (Å²) in [5, 5.41) is 8.47. The summed E-state index contributed by atoms with van der Waals surface area (Å²) >= 11 is 1.56. The quantitative estimate of drug-likeness (QED) is 0.416. The van der Waals surface area contributed by atoms with Crippen LogP contribution in [0, 0.1) is 6.92 Å². The summed E-state index contributed by atoms with van der Waals surface area (Å²) in [6.45, 7) is 3.51. The number of rotatable bonds is 7. The number of aromatic nitrogens is 3. The summed E-state index contributed by atoms with van der Waals surface area (Å²) in [7, 11) is 1.97. The molecule has 0 radical (unpaired) electrons. The summed E-state index contributed by atoms with van der Waals surface area (Å²) in [6.07, 6.45) is 3.91. The standard InChI is InChI=1S/C25H26N4O2S/c1-17-12-20(29(2)28-17)14-26-15-22-16-27-25(32-22)30-21-9-11-24-19(13-21)8-10-23(31-24)18-6-4-3-5-7-18/h3-7,9,11-13,16,23,26H,8,10,14-15H2,1-2H3. The molecule has 0 saturated heterocycles. The maximum atomic E-state index is 6.23. The van der Waals surface area contributed by atoms with Gasteiger partial charge < -0.3 is 14.8 Å². The molecule has 164 valence electrons. The highest BCUT2D eigenvalue weighted by Crippen LogP contribution is 2.38. The molecule has 6 nitrogen and oxygen atoms in total. The molecule has 7 heteroatoms. The third-order valence-electron chi connectivity index (χ3n) is 5.59. The Morgan fingerprint density at radius 3 is 2.84 bits per heavy atom. The van der Waals surface area contributed by atoms with Crippen molar-refractivity contribution in [3.05, 3.63) is 88.2 Å². The van der Waals surface area contributed by atoms with Crippen LogP contribution in [0.5, 0.6) is 16.7 Å². The SMILES string of the molecule is Cc1cc(CNCc2cnc(Oc3ccc4c(c3)CCC(c3ccccc3)O4)s2)n(C)n1. The van der Waals surface area contributed by atoms with Crippen LogP contribution in [0.3, 0.4) is 0 Å². The van der Waals surface area contributed by atoms with E-state index in [1.807, 2.05) is 43.0 Å². The van der Waals surface area contributed by atoms with Gasteiger partial charge in [0.15, 0.2) is 0 Å². The zero-order valence-corrected chi connectivity index (χ0v) is 19.1. The van der Waals surface area contributed by atoms with Crippen LogP contribution in [0.2, 0.25) is 0 Å². The first kappa shape index (κ1) is 20.7. The number of aryl methyl sites for hydroxylation is 3. The van der Waals surface area contributed by atoms with Crippen molar-refractivity contribution in [1.82, 2.24) is 20.1 Å². The monoisotopic (exact) mass is 446 g/mol.